The number of carbonyl (C=O) groups is 3. The van der Waals surface area contributed by atoms with Gasteiger partial charge in [-0.05, 0) is 49.2 Å². The molecule has 0 aliphatic heterocycles. The van der Waals surface area contributed by atoms with E-state index >= 15 is 0 Å². The molecule has 32 heavy (non-hydrogen) atoms. The second kappa shape index (κ2) is 7.57. The lowest BCUT2D eigenvalue weighted by atomic mass is 9.46. The van der Waals surface area contributed by atoms with Gasteiger partial charge >= 0.3 is 5.97 Å². The first-order valence-electron chi connectivity index (χ1n) is 11.6. The Morgan fingerprint density at radius 1 is 1.31 bits per heavy atom. The summed E-state index contributed by atoms with van der Waals surface area (Å²) < 4.78 is 34.4. The van der Waals surface area contributed by atoms with Gasteiger partial charge in [-0.1, -0.05) is 33.8 Å². The number of hydrogen-bond donors (Lipinski definition) is 1. The number of aliphatic hydroxyl groups excluding tert-OH is 1. The van der Waals surface area contributed by atoms with Gasteiger partial charge in [-0.2, -0.15) is 0 Å². The van der Waals surface area contributed by atoms with Crippen LogP contribution in [0.25, 0.3) is 0 Å². The van der Waals surface area contributed by atoms with Crippen LogP contribution in [0.2, 0.25) is 0 Å². The number of hydrogen-bond acceptors (Lipinski definition) is 5. The molecule has 176 valence electrons. The first kappa shape index (κ1) is 23.3. The largest absolute Gasteiger partial charge is 0.450 e. The van der Waals surface area contributed by atoms with Gasteiger partial charge in [0.15, 0.2) is 18.1 Å². The number of aliphatic hydroxyl groups is 1. The summed E-state index contributed by atoms with van der Waals surface area (Å²) in [6, 6.07) is 0. The van der Waals surface area contributed by atoms with Crippen LogP contribution in [0.15, 0.2) is 23.6 Å². The van der Waals surface area contributed by atoms with Crippen LogP contribution in [0.3, 0.4) is 0 Å². The van der Waals surface area contributed by atoms with Crippen molar-refractivity contribution >= 4 is 17.5 Å². The molecule has 1 N–H and O–H groups in total. The van der Waals surface area contributed by atoms with Crippen LogP contribution in [0.5, 0.6) is 0 Å². The van der Waals surface area contributed by atoms with Gasteiger partial charge in [-0.25, -0.2) is 8.78 Å². The number of halogens is 2. The molecule has 0 amide bonds. The Labute approximate surface area is 187 Å². The van der Waals surface area contributed by atoms with Crippen molar-refractivity contribution in [3.05, 3.63) is 23.6 Å². The molecule has 4 aliphatic carbocycles. The molecule has 0 aromatic carbocycles. The van der Waals surface area contributed by atoms with Crippen LogP contribution in [0.4, 0.5) is 8.78 Å². The Kier molecular flexibility index (Phi) is 5.51. The van der Waals surface area contributed by atoms with Gasteiger partial charge < -0.3 is 9.84 Å². The number of alkyl halides is 1. The summed E-state index contributed by atoms with van der Waals surface area (Å²) in [6.07, 6.45) is 3.72. The number of carbonyl (C=O) groups excluding carboxylic acids is 3. The third-order valence-corrected chi connectivity index (χ3v) is 9.23. The number of ether oxygens (including phenoxy) is 1. The topological polar surface area (TPSA) is 80.7 Å². The van der Waals surface area contributed by atoms with Crippen molar-refractivity contribution in [3.8, 4) is 0 Å². The zero-order chi connectivity index (χ0) is 23.6. The summed E-state index contributed by atoms with van der Waals surface area (Å²) in [5.41, 5.74) is -2.94. The minimum Gasteiger partial charge on any atom is -0.450 e. The van der Waals surface area contributed by atoms with E-state index in [9.17, 15) is 28.3 Å². The third kappa shape index (κ3) is 2.79. The number of fused-ring (bicyclic) bond motifs is 5. The number of Topliss-reactive ketones (excluding diaryl/α,β-unsaturated/α-hetero) is 1. The van der Waals surface area contributed by atoms with Gasteiger partial charge in [0.25, 0.3) is 0 Å². The van der Waals surface area contributed by atoms with Crippen LogP contribution in [0, 0.1) is 34.5 Å². The number of esters is 1. The highest BCUT2D eigenvalue weighted by atomic mass is 19.1. The number of allylic oxidation sites excluding steroid dienone is 4. The highest BCUT2D eigenvalue weighted by Gasteiger charge is 2.72. The maximum absolute atomic E-state index is 14.8. The lowest BCUT2D eigenvalue weighted by Crippen LogP contribution is -2.64. The monoisotopic (exact) mass is 450 g/mol. The summed E-state index contributed by atoms with van der Waals surface area (Å²) in [4.78, 5) is 37.4. The smallest absolute Gasteiger partial charge is 0.306 e. The summed E-state index contributed by atoms with van der Waals surface area (Å²) in [5, 5.41) is 11.4. The van der Waals surface area contributed by atoms with Gasteiger partial charge in [0.1, 0.15) is 0 Å². The van der Waals surface area contributed by atoms with Gasteiger partial charge in [-0.15, -0.1) is 0 Å². The van der Waals surface area contributed by atoms with E-state index in [1.54, 1.807) is 13.0 Å². The summed E-state index contributed by atoms with van der Waals surface area (Å²) in [5.74, 6) is -3.63. The van der Waals surface area contributed by atoms with Crippen molar-refractivity contribution in [1.29, 1.82) is 0 Å². The van der Waals surface area contributed by atoms with E-state index in [4.69, 9.17) is 4.74 Å². The van der Waals surface area contributed by atoms with Crippen LogP contribution in [0.1, 0.15) is 59.8 Å². The second-order valence-electron chi connectivity index (χ2n) is 10.6. The highest BCUT2D eigenvalue weighted by Crippen LogP contribution is 2.69. The molecule has 4 aliphatic rings. The van der Waals surface area contributed by atoms with Crippen molar-refractivity contribution in [2.24, 2.45) is 34.5 Å². The van der Waals surface area contributed by atoms with Crippen LogP contribution in [-0.4, -0.2) is 41.0 Å². The zero-order valence-corrected chi connectivity index (χ0v) is 19.1. The molecule has 0 spiro atoms. The molecule has 0 unspecified atom stereocenters. The molecule has 0 bridgehead atoms. The second-order valence-corrected chi connectivity index (χ2v) is 10.6. The summed E-state index contributed by atoms with van der Waals surface area (Å²) in [7, 11) is 0. The first-order chi connectivity index (χ1) is 15.0. The number of rotatable bonds is 4. The summed E-state index contributed by atoms with van der Waals surface area (Å²) >= 11 is 0. The third-order valence-electron chi connectivity index (χ3n) is 9.23. The molecule has 0 aromatic heterocycles. The van der Waals surface area contributed by atoms with E-state index in [0.29, 0.717) is 24.8 Å². The van der Waals surface area contributed by atoms with Crippen molar-refractivity contribution < 1.29 is 33.0 Å². The van der Waals surface area contributed by atoms with E-state index in [0.717, 1.165) is 0 Å². The molecule has 0 aromatic rings. The van der Waals surface area contributed by atoms with Gasteiger partial charge in [-0.3, -0.25) is 14.4 Å². The Bertz CT molecular complexity index is 925. The fraction of sp³-hybridized carbons (Fsp3) is 0.720. The highest BCUT2D eigenvalue weighted by molar-refractivity contribution is 6.04. The van der Waals surface area contributed by atoms with E-state index in [2.05, 4.69) is 0 Å². The quantitative estimate of drug-likeness (QED) is 0.654. The summed E-state index contributed by atoms with van der Waals surface area (Å²) in [6.45, 7) is 5.90. The van der Waals surface area contributed by atoms with E-state index in [-0.39, 0.29) is 30.6 Å². The molecule has 0 saturated heterocycles. The van der Waals surface area contributed by atoms with E-state index in [1.807, 2.05) is 20.8 Å². The molecule has 0 radical (unpaired) electrons. The average Bonchev–Trinajstić information content (AvgIpc) is 2.97. The standard InChI is InChI=1S/C25H32F2O5/c1-5-20(31)32-25(19(30)12-26)13(2)10-16-14-6-7-15-22(27)17(28)8-9-23(15,3)21(14)18(29)11-24(16,25)4/h8-9,13-14,16,18,21,29H,5-7,10-12H2,1-4H3/t13-,14-,16-,18-,21+,23-,24-,25-/m0/s1. The van der Waals surface area contributed by atoms with Gasteiger partial charge in [0.2, 0.25) is 11.6 Å². The molecule has 8 atom stereocenters. The van der Waals surface area contributed by atoms with Crippen LogP contribution >= 0.6 is 0 Å². The molecule has 3 saturated carbocycles. The Balaban J connectivity index is 1.81. The molecule has 3 fully saturated rings. The van der Waals surface area contributed by atoms with Crippen molar-refractivity contribution in [3.63, 3.8) is 0 Å². The normalized spacial score (nSPS) is 45.2. The molecular weight excluding hydrogens is 418 g/mol. The Morgan fingerprint density at radius 2 is 2.00 bits per heavy atom. The predicted molar refractivity (Wildman–Crippen MR) is 113 cm³/mol. The maximum Gasteiger partial charge on any atom is 0.306 e. The van der Waals surface area contributed by atoms with Crippen LogP contribution in [-0.2, 0) is 19.1 Å². The average molecular weight is 451 g/mol. The number of ketones is 2. The fourth-order valence-corrected chi connectivity index (χ4v) is 7.95. The van der Waals surface area contributed by atoms with E-state index in [1.165, 1.54) is 6.08 Å². The SMILES string of the molecule is CCC(=O)O[C@]1(C(=O)CF)[C@@H](C)C[C@H]2[C@@H]3CCC4=C(F)C(=O)C=C[C@]4(C)[C@H]3[C@@H](O)C[C@@]21C. The van der Waals surface area contributed by atoms with Crippen molar-refractivity contribution in [2.75, 3.05) is 6.67 Å². The van der Waals surface area contributed by atoms with E-state index < -0.39 is 58.5 Å². The van der Waals surface area contributed by atoms with Crippen LogP contribution < -0.4 is 0 Å². The molecular formula is C25H32F2O5. The minimum atomic E-state index is -1.63. The lowest BCUT2D eigenvalue weighted by molar-refractivity contribution is -0.204. The fourth-order valence-electron chi connectivity index (χ4n) is 7.95. The lowest BCUT2D eigenvalue weighted by Gasteiger charge is -2.59. The van der Waals surface area contributed by atoms with Gasteiger partial charge in [0, 0.05) is 29.1 Å². The molecule has 7 heteroatoms. The van der Waals surface area contributed by atoms with Crippen molar-refractivity contribution in [1.82, 2.24) is 0 Å². The predicted octanol–water partition coefficient (Wildman–Crippen LogP) is 4.04. The zero-order valence-electron chi connectivity index (χ0n) is 19.1. The van der Waals surface area contributed by atoms with Gasteiger partial charge in [0.05, 0.1) is 6.10 Å². The first-order valence-corrected chi connectivity index (χ1v) is 11.6. The molecule has 4 rings (SSSR count). The molecule has 5 nitrogen and oxygen atoms in total. The molecule has 0 heterocycles. The Morgan fingerprint density at radius 3 is 2.62 bits per heavy atom. The van der Waals surface area contributed by atoms with Crippen molar-refractivity contribution in [2.45, 2.75) is 71.5 Å². The minimum absolute atomic E-state index is 0.0632. The maximum atomic E-state index is 14.8. The Hall–Kier alpha value is -1.89.